The van der Waals surface area contributed by atoms with Crippen molar-refractivity contribution in [1.29, 1.82) is 0 Å². The fourth-order valence-electron chi connectivity index (χ4n) is 3.93. The fourth-order valence-corrected chi connectivity index (χ4v) is 3.93. The molecular formula is C27H28F3N5O. The predicted molar refractivity (Wildman–Crippen MR) is 134 cm³/mol. The summed E-state index contributed by atoms with van der Waals surface area (Å²) in [4.78, 5) is 21.9. The Morgan fingerprint density at radius 2 is 1.72 bits per heavy atom. The van der Waals surface area contributed by atoms with Gasteiger partial charge in [0.05, 0.1) is 23.5 Å². The Balaban J connectivity index is 1.57. The van der Waals surface area contributed by atoms with Crippen molar-refractivity contribution in [2.75, 3.05) is 5.32 Å². The number of pyridine rings is 1. The van der Waals surface area contributed by atoms with E-state index in [-0.39, 0.29) is 6.03 Å². The van der Waals surface area contributed by atoms with Crippen molar-refractivity contribution in [2.24, 2.45) is 0 Å². The third-order valence-electron chi connectivity index (χ3n) is 5.91. The quantitative estimate of drug-likeness (QED) is 0.294. The zero-order valence-corrected chi connectivity index (χ0v) is 20.2. The van der Waals surface area contributed by atoms with Crippen LogP contribution in [0.15, 0.2) is 60.7 Å². The molecule has 2 aromatic carbocycles. The molecule has 2 aromatic heterocycles. The molecule has 0 saturated carbocycles. The number of aromatic nitrogens is 3. The van der Waals surface area contributed by atoms with Crippen molar-refractivity contribution in [2.45, 2.75) is 52.4 Å². The number of hydrogen-bond acceptors (Lipinski definition) is 3. The first-order valence-electron chi connectivity index (χ1n) is 11.9. The molecule has 2 N–H and O–H groups in total. The molecule has 0 aliphatic carbocycles. The number of anilines is 1. The van der Waals surface area contributed by atoms with E-state index in [1.807, 2.05) is 34.9 Å². The Labute approximate surface area is 207 Å². The topological polar surface area (TPSA) is 71.8 Å². The number of imidazole rings is 1. The van der Waals surface area contributed by atoms with Crippen LogP contribution in [0, 0.1) is 6.92 Å². The van der Waals surface area contributed by atoms with E-state index in [0.717, 1.165) is 41.9 Å². The van der Waals surface area contributed by atoms with Crippen molar-refractivity contribution in [3.05, 3.63) is 88.9 Å². The van der Waals surface area contributed by atoms with E-state index in [4.69, 9.17) is 9.97 Å². The molecular weight excluding hydrogens is 467 g/mol. The average molecular weight is 496 g/mol. The van der Waals surface area contributed by atoms with Crippen molar-refractivity contribution in [1.82, 2.24) is 19.9 Å². The fraction of sp³-hybridized carbons (Fsp3) is 0.296. The van der Waals surface area contributed by atoms with Gasteiger partial charge in [0, 0.05) is 13.0 Å². The van der Waals surface area contributed by atoms with Crippen molar-refractivity contribution in [3.63, 3.8) is 0 Å². The number of urea groups is 1. The first-order valence-corrected chi connectivity index (χ1v) is 11.9. The summed E-state index contributed by atoms with van der Waals surface area (Å²) < 4.78 is 40.8. The van der Waals surface area contributed by atoms with E-state index in [1.54, 1.807) is 13.0 Å². The molecule has 2 amide bonds. The van der Waals surface area contributed by atoms with Crippen LogP contribution in [0.3, 0.4) is 0 Å². The van der Waals surface area contributed by atoms with E-state index in [2.05, 4.69) is 17.6 Å². The van der Waals surface area contributed by atoms with Crippen LogP contribution in [0.25, 0.3) is 11.2 Å². The van der Waals surface area contributed by atoms with Crippen LogP contribution < -0.4 is 10.6 Å². The first-order chi connectivity index (χ1) is 17.2. The van der Waals surface area contributed by atoms with Gasteiger partial charge in [-0.2, -0.15) is 13.2 Å². The lowest BCUT2D eigenvalue weighted by atomic mass is 10.1. The molecule has 0 fully saturated rings. The molecule has 9 heteroatoms. The number of amides is 2. The van der Waals surface area contributed by atoms with Crippen LogP contribution in [-0.4, -0.2) is 20.6 Å². The number of unbranched alkanes of at least 4 members (excludes halogenated alkanes) is 1. The zero-order chi connectivity index (χ0) is 25.7. The molecule has 0 atom stereocenters. The smallest absolute Gasteiger partial charge is 0.334 e. The number of alkyl halides is 3. The van der Waals surface area contributed by atoms with Gasteiger partial charge in [0.2, 0.25) is 0 Å². The number of halogens is 3. The number of nitrogens with one attached hydrogen (secondary N) is 2. The van der Waals surface area contributed by atoms with Gasteiger partial charge in [0.1, 0.15) is 11.3 Å². The van der Waals surface area contributed by atoms with E-state index >= 15 is 0 Å². The Kier molecular flexibility index (Phi) is 7.57. The van der Waals surface area contributed by atoms with Crippen LogP contribution in [0.1, 0.15) is 48.0 Å². The summed E-state index contributed by atoms with van der Waals surface area (Å²) in [7, 11) is 0. The van der Waals surface area contributed by atoms with Gasteiger partial charge >= 0.3 is 12.2 Å². The van der Waals surface area contributed by atoms with Crippen LogP contribution in [0.2, 0.25) is 0 Å². The van der Waals surface area contributed by atoms with E-state index in [0.29, 0.717) is 42.1 Å². The van der Waals surface area contributed by atoms with Crippen LogP contribution in [0.5, 0.6) is 0 Å². The lowest BCUT2D eigenvalue weighted by molar-refractivity contribution is -0.137. The molecule has 4 aromatic rings. The number of carbonyl (C=O) groups is 1. The molecule has 0 radical (unpaired) electrons. The lowest BCUT2D eigenvalue weighted by Gasteiger charge is -2.12. The van der Waals surface area contributed by atoms with Gasteiger partial charge in [-0.05, 0) is 42.7 Å². The number of benzene rings is 2. The minimum atomic E-state index is -4.37. The SMILES string of the molecule is CCCCc1nc2cc(NC(=O)NCc3ccccc3)c(C)nc2n1Cc1ccc(C(F)(F)F)cc1. The van der Waals surface area contributed by atoms with Crippen molar-refractivity contribution < 1.29 is 18.0 Å². The molecule has 2 heterocycles. The van der Waals surface area contributed by atoms with E-state index in [9.17, 15) is 18.0 Å². The molecule has 0 aliphatic rings. The molecule has 0 aliphatic heterocycles. The third-order valence-corrected chi connectivity index (χ3v) is 5.91. The van der Waals surface area contributed by atoms with Gasteiger partial charge in [-0.25, -0.2) is 14.8 Å². The molecule has 0 unspecified atom stereocenters. The molecule has 0 saturated heterocycles. The number of rotatable bonds is 8. The number of aryl methyl sites for hydroxylation is 2. The molecule has 4 rings (SSSR count). The lowest BCUT2D eigenvalue weighted by Crippen LogP contribution is -2.28. The zero-order valence-electron chi connectivity index (χ0n) is 20.2. The van der Waals surface area contributed by atoms with Gasteiger partial charge in [-0.1, -0.05) is 55.8 Å². The summed E-state index contributed by atoms with van der Waals surface area (Å²) in [6.45, 7) is 4.63. The summed E-state index contributed by atoms with van der Waals surface area (Å²) in [5.74, 6) is 0.810. The Bertz CT molecular complexity index is 1330. The van der Waals surface area contributed by atoms with Crippen molar-refractivity contribution in [3.8, 4) is 0 Å². The summed E-state index contributed by atoms with van der Waals surface area (Å²) in [6, 6.07) is 16.2. The number of carbonyl (C=O) groups excluding carboxylic acids is 1. The van der Waals surface area contributed by atoms with Gasteiger partial charge in [0.25, 0.3) is 0 Å². The molecule has 188 valence electrons. The van der Waals surface area contributed by atoms with Gasteiger partial charge in [-0.3, -0.25) is 0 Å². The Morgan fingerprint density at radius 3 is 2.39 bits per heavy atom. The summed E-state index contributed by atoms with van der Waals surface area (Å²) in [5.41, 5.74) is 3.46. The van der Waals surface area contributed by atoms with E-state index in [1.165, 1.54) is 12.1 Å². The predicted octanol–water partition coefficient (Wildman–Crippen LogP) is 6.47. The highest BCUT2D eigenvalue weighted by atomic mass is 19.4. The molecule has 0 spiro atoms. The van der Waals surface area contributed by atoms with Crippen molar-refractivity contribution >= 4 is 22.9 Å². The maximum absolute atomic E-state index is 13.0. The second kappa shape index (κ2) is 10.8. The Hall–Kier alpha value is -3.88. The average Bonchev–Trinajstić information content (AvgIpc) is 3.18. The number of fused-ring (bicyclic) bond motifs is 1. The van der Waals surface area contributed by atoms with Gasteiger partial charge in [-0.15, -0.1) is 0 Å². The van der Waals surface area contributed by atoms with E-state index < -0.39 is 11.7 Å². The molecule has 36 heavy (non-hydrogen) atoms. The van der Waals surface area contributed by atoms with Gasteiger partial charge < -0.3 is 15.2 Å². The largest absolute Gasteiger partial charge is 0.416 e. The summed E-state index contributed by atoms with van der Waals surface area (Å²) >= 11 is 0. The maximum Gasteiger partial charge on any atom is 0.416 e. The Morgan fingerprint density at radius 1 is 1.00 bits per heavy atom. The first kappa shape index (κ1) is 25.2. The molecule has 0 bridgehead atoms. The second-order valence-electron chi connectivity index (χ2n) is 8.67. The normalized spacial score (nSPS) is 11.6. The van der Waals surface area contributed by atoms with Crippen LogP contribution in [0.4, 0.5) is 23.7 Å². The highest BCUT2D eigenvalue weighted by Crippen LogP contribution is 2.30. The molecule has 6 nitrogen and oxygen atoms in total. The highest BCUT2D eigenvalue weighted by Gasteiger charge is 2.30. The summed E-state index contributed by atoms with van der Waals surface area (Å²) in [5, 5.41) is 5.68. The minimum Gasteiger partial charge on any atom is -0.334 e. The maximum atomic E-state index is 13.0. The van der Waals surface area contributed by atoms with Gasteiger partial charge in [0.15, 0.2) is 5.65 Å². The second-order valence-corrected chi connectivity index (χ2v) is 8.67. The summed E-state index contributed by atoms with van der Waals surface area (Å²) in [6.07, 6.45) is -1.76. The number of nitrogens with zero attached hydrogens (tertiary/aromatic N) is 3. The number of hydrogen-bond donors (Lipinski definition) is 2. The van der Waals surface area contributed by atoms with Crippen LogP contribution >= 0.6 is 0 Å². The standard InChI is InChI=1S/C27H28F3N5O/c1-3-4-10-24-33-23-15-22(34-26(36)31-16-19-8-6-5-7-9-19)18(2)32-25(23)35(24)17-20-11-13-21(14-12-20)27(28,29)30/h5-9,11-15H,3-4,10,16-17H2,1-2H3,(H2,31,34,36). The minimum absolute atomic E-state index is 0.349. The third kappa shape index (κ3) is 6.02. The monoisotopic (exact) mass is 495 g/mol. The highest BCUT2D eigenvalue weighted by molar-refractivity contribution is 5.92. The van der Waals surface area contributed by atoms with Crippen LogP contribution in [-0.2, 0) is 25.7 Å².